The van der Waals surface area contributed by atoms with E-state index in [2.05, 4.69) is 6.92 Å². The first-order valence-corrected chi connectivity index (χ1v) is 4.94. The molecule has 0 radical (unpaired) electrons. The highest BCUT2D eigenvalue weighted by Crippen LogP contribution is 2.36. The molecule has 0 aromatic heterocycles. The topological polar surface area (TPSA) is 18.5 Å². The van der Waals surface area contributed by atoms with Crippen LogP contribution in [0.5, 0.6) is 0 Å². The second-order valence-electron chi connectivity index (χ2n) is 4.56. The summed E-state index contributed by atoms with van der Waals surface area (Å²) in [5.74, 6) is 0.896. The Hall–Kier alpha value is -0.0800. The first kappa shape index (κ1) is 8.52. The summed E-state index contributed by atoms with van der Waals surface area (Å²) in [6.07, 6.45) is 3.86. The van der Waals surface area contributed by atoms with E-state index < -0.39 is 0 Å². The Labute approximate surface area is 74.2 Å². The molecule has 0 saturated carbocycles. The zero-order chi connectivity index (χ0) is 8.44. The molecule has 0 spiro atoms. The van der Waals surface area contributed by atoms with Gasteiger partial charge in [-0.15, -0.1) is 0 Å². The number of rotatable bonds is 2. The summed E-state index contributed by atoms with van der Waals surface area (Å²) in [4.78, 5) is 0. The van der Waals surface area contributed by atoms with Crippen molar-refractivity contribution < 1.29 is 9.47 Å². The van der Waals surface area contributed by atoms with Crippen LogP contribution in [0.2, 0.25) is 0 Å². The first-order chi connectivity index (χ1) is 5.79. The monoisotopic (exact) mass is 170 g/mol. The Balaban J connectivity index is 1.77. The molecule has 2 rings (SSSR count). The predicted octanol–water partition coefficient (Wildman–Crippen LogP) is 1.84. The van der Waals surface area contributed by atoms with E-state index in [9.17, 15) is 0 Å². The highest BCUT2D eigenvalue weighted by Gasteiger charge is 2.35. The SMILES string of the molecule is CC1(CC2CCOCC2)COC1. The summed E-state index contributed by atoms with van der Waals surface area (Å²) in [7, 11) is 0. The lowest BCUT2D eigenvalue weighted by molar-refractivity contribution is -0.118. The standard InChI is InChI=1S/C10H18O2/c1-10(7-12-8-10)6-9-2-4-11-5-3-9/h9H,2-8H2,1H3. The second kappa shape index (κ2) is 3.35. The molecule has 0 aromatic carbocycles. The van der Waals surface area contributed by atoms with Gasteiger partial charge in [-0.05, 0) is 25.2 Å². The third-order valence-electron chi connectivity index (χ3n) is 3.02. The quantitative estimate of drug-likeness (QED) is 0.629. The van der Waals surface area contributed by atoms with E-state index >= 15 is 0 Å². The van der Waals surface area contributed by atoms with Crippen LogP contribution >= 0.6 is 0 Å². The molecule has 2 aliphatic heterocycles. The van der Waals surface area contributed by atoms with Gasteiger partial charge in [0.2, 0.25) is 0 Å². The van der Waals surface area contributed by atoms with Crippen LogP contribution in [0.1, 0.15) is 26.2 Å². The summed E-state index contributed by atoms with van der Waals surface area (Å²) < 4.78 is 10.6. The molecule has 0 N–H and O–H groups in total. The van der Waals surface area contributed by atoms with Gasteiger partial charge in [0.05, 0.1) is 13.2 Å². The van der Waals surface area contributed by atoms with Gasteiger partial charge in [-0.2, -0.15) is 0 Å². The first-order valence-electron chi connectivity index (χ1n) is 4.94. The fourth-order valence-electron chi connectivity index (χ4n) is 2.22. The van der Waals surface area contributed by atoms with Gasteiger partial charge in [0.25, 0.3) is 0 Å². The maximum Gasteiger partial charge on any atom is 0.0542 e. The molecular weight excluding hydrogens is 152 g/mol. The van der Waals surface area contributed by atoms with Crippen LogP contribution in [0.3, 0.4) is 0 Å². The molecule has 0 bridgehead atoms. The van der Waals surface area contributed by atoms with Crippen molar-refractivity contribution in [1.29, 1.82) is 0 Å². The summed E-state index contributed by atoms with van der Waals surface area (Å²) in [6, 6.07) is 0. The van der Waals surface area contributed by atoms with Gasteiger partial charge in [0.15, 0.2) is 0 Å². The third kappa shape index (κ3) is 1.80. The van der Waals surface area contributed by atoms with Crippen molar-refractivity contribution in [2.75, 3.05) is 26.4 Å². The number of hydrogen-bond donors (Lipinski definition) is 0. The van der Waals surface area contributed by atoms with E-state index in [-0.39, 0.29) is 0 Å². The number of ether oxygens (including phenoxy) is 2. The van der Waals surface area contributed by atoms with Crippen LogP contribution in [0.4, 0.5) is 0 Å². The van der Waals surface area contributed by atoms with E-state index in [4.69, 9.17) is 9.47 Å². The van der Waals surface area contributed by atoms with Gasteiger partial charge >= 0.3 is 0 Å². The Kier molecular flexibility index (Phi) is 2.37. The molecule has 0 atom stereocenters. The summed E-state index contributed by atoms with van der Waals surface area (Å²) >= 11 is 0. The highest BCUT2D eigenvalue weighted by molar-refractivity contribution is 4.84. The van der Waals surface area contributed by atoms with E-state index in [1.165, 1.54) is 19.3 Å². The smallest absolute Gasteiger partial charge is 0.0542 e. The van der Waals surface area contributed by atoms with Crippen molar-refractivity contribution >= 4 is 0 Å². The average molecular weight is 170 g/mol. The molecule has 12 heavy (non-hydrogen) atoms. The van der Waals surface area contributed by atoms with Crippen LogP contribution < -0.4 is 0 Å². The fourth-order valence-corrected chi connectivity index (χ4v) is 2.22. The highest BCUT2D eigenvalue weighted by atomic mass is 16.5. The molecule has 0 unspecified atom stereocenters. The van der Waals surface area contributed by atoms with Gasteiger partial charge in [-0.25, -0.2) is 0 Å². The Bertz CT molecular complexity index is 146. The van der Waals surface area contributed by atoms with E-state index in [1.54, 1.807) is 0 Å². The molecule has 2 aliphatic rings. The molecule has 70 valence electrons. The molecule has 0 amide bonds. The van der Waals surface area contributed by atoms with Crippen LogP contribution in [-0.4, -0.2) is 26.4 Å². The molecule has 0 aliphatic carbocycles. The van der Waals surface area contributed by atoms with Gasteiger partial charge in [0.1, 0.15) is 0 Å². The minimum atomic E-state index is 0.502. The summed E-state index contributed by atoms with van der Waals surface area (Å²) in [6.45, 7) is 6.24. The summed E-state index contributed by atoms with van der Waals surface area (Å²) in [5, 5.41) is 0. The molecule has 2 fully saturated rings. The Morgan fingerprint density at radius 2 is 1.83 bits per heavy atom. The predicted molar refractivity (Wildman–Crippen MR) is 47.1 cm³/mol. The van der Waals surface area contributed by atoms with Crippen molar-refractivity contribution in [3.05, 3.63) is 0 Å². The van der Waals surface area contributed by atoms with Crippen LogP contribution in [-0.2, 0) is 9.47 Å². The minimum Gasteiger partial charge on any atom is -0.381 e. The zero-order valence-electron chi connectivity index (χ0n) is 7.84. The van der Waals surface area contributed by atoms with Crippen LogP contribution in [0.15, 0.2) is 0 Å². The Morgan fingerprint density at radius 3 is 2.33 bits per heavy atom. The van der Waals surface area contributed by atoms with E-state index in [1.807, 2.05) is 0 Å². The van der Waals surface area contributed by atoms with Crippen molar-refractivity contribution in [2.45, 2.75) is 26.2 Å². The normalized spacial score (nSPS) is 29.8. The van der Waals surface area contributed by atoms with E-state index in [0.717, 1.165) is 32.3 Å². The maximum absolute atomic E-state index is 5.33. The molecule has 2 heteroatoms. The second-order valence-corrected chi connectivity index (χ2v) is 4.56. The Morgan fingerprint density at radius 1 is 1.17 bits per heavy atom. The maximum atomic E-state index is 5.33. The molecule has 2 heterocycles. The third-order valence-corrected chi connectivity index (χ3v) is 3.02. The zero-order valence-corrected chi connectivity index (χ0v) is 7.84. The fraction of sp³-hybridized carbons (Fsp3) is 1.00. The van der Waals surface area contributed by atoms with Gasteiger partial charge in [-0.3, -0.25) is 0 Å². The lowest BCUT2D eigenvalue weighted by Crippen LogP contribution is -2.41. The lowest BCUT2D eigenvalue weighted by Gasteiger charge is -2.41. The van der Waals surface area contributed by atoms with Gasteiger partial charge in [-0.1, -0.05) is 6.92 Å². The van der Waals surface area contributed by atoms with Crippen LogP contribution in [0.25, 0.3) is 0 Å². The summed E-state index contributed by atoms with van der Waals surface area (Å²) in [5.41, 5.74) is 0.502. The van der Waals surface area contributed by atoms with Crippen molar-refractivity contribution in [1.82, 2.24) is 0 Å². The van der Waals surface area contributed by atoms with Crippen molar-refractivity contribution in [2.24, 2.45) is 11.3 Å². The van der Waals surface area contributed by atoms with Crippen molar-refractivity contribution in [3.63, 3.8) is 0 Å². The molecule has 2 saturated heterocycles. The molecule has 0 aromatic rings. The van der Waals surface area contributed by atoms with Crippen molar-refractivity contribution in [3.8, 4) is 0 Å². The van der Waals surface area contributed by atoms with Gasteiger partial charge in [0, 0.05) is 18.6 Å². The minimum absolute atomic E-state index is 0.502. The average Bonchev–Trinajstić information content (AvgIpc) is 2.04. The van der Waals surface area contributed by atoms with E-state index in [0.29, 0.717) is 5.41 Å². The van der Waals surface area contributed by atoms with Gasteiger partial charge < -0.3 is 9.47 Å². The number of hydrogen-bond acceptors (Lipinski definition) is 2. The molecular formula is C10H18O2. The van der Waals surface area contributed by atoms with Crippen LogP contribution in [0, 0.1) is 11.3 Å². The lowest BCUT2D eigenvalue weighted by atomic mass is 9.77. The largest absolute Gasteiger partial charge is 0.381 e. The molecule has 2 nitrogen and oxygen atoms in total.